The molecule has 0 spiro atoms. The van der Waals surface area contributed by atoms with E-state index in [4.69, 9.17) is 4.98 Å². The van der Waals surface area contributed by atoms with E-state index in [-0.39, 0.29) is 0 Å². The molecule has 0 bridgehead atoms. The Balaban J connectivity index is 1.99. The van der Waals surface area contributed by atoms with Gasteiger partial charge in [0, 0.05) is 47.6 Å². The van der Waals surface area contributed by atoms with Crippen LogP contribution in [0.25, 0.3) is 11.4 Å². The zero-order valence-electron chi connectivity index (χ0n) is 14.1. The van der Waals surface area contributed by atoms with E-state index in [2.05, 4.69) is 35.0 Å². The van der Waals surface area contributed by atoms with Crippen molar-refractivity contribution >= 4 is 17.6 Å². The maximum Gasteiger partial charge on any atom is 0.163 e. The summed E-state index contributed by atoms with van der Waals surface area (Å²) in [6.07, 6.45) is 9.68. The normalized spacial score (nSPS) is 18.7. The van der Waals surface area contributed by atoms with Gasteiger partial charge < -0.3 is 4.90 Å². The molecule has 122 valence electrons. The summed E-state index contributed by atoms with van der Waals surface area (Å²) in [5.41, 5.74) is 3.23. The summed E-state index contributed by atoms with van der Waals surface area (Å²) in [4.78, 5) is 16.2. The van der Waals surface area contributed by atoms with Crippen LogP contribution < -0.4 is 4.90 Å². The molecule has 3 rings (SSSR count). The van der Waals surface area contributed by atoms with Crippen LogP contribution in [0.3, 0.4) is 0 Å². The Morgan fingerprint density at radius 3 is 2.83 bits per heavy atom. The molecule has 3 heterocycles. The molecular formula is C18H24N4S. The molecule has 0 aliphatic carbocycles. The van der Waals surface area contributed by atoms with Crippen molar-refractivity contribution in [2.24, 2.45) is 0 Å². The number of rotatable bonds is 3. The molecule has 1 atom stereocenters. The second kappa shape index (κ2) is 7.30. The average molecular weight is 328 g/mol. The van der Waals surface area contributed by atoms with Gasteiger partial charge in [0.1, 0.15) is 5.82 Å². The smallest absolute Gasteiger partial charge is 0.163 e. The van der Waals surface area contributed by atoms with E-state index in [1.807, 2.05) is 30.1 Å². The Bertz CT molecular complexity index is 660. The molecule has 1 saturated heterocycles. The maximum atomic E-state index is 4.90. The van der Waals surface area contributed by atoms with Gasteiger partial charge in [-0.3, -0.25) is 4.98 Å². The lowest BCUT2D eigenvalue weighted by Gasteiger charge is -2.27. The molecule has 4 nitrogen and oxygen atoms in total. The van der Waals surface area contributed by atoms with Gasteiger partial charge >= 0.3 is 0 Å². The zero-order chi connectivity index (χ0) is 16.2. The highest BCUT2D eigenvalue weighted by atomic mass is 32.2. The SMILES string of the molecule is CSC1CCCCN(c2nc(-c3cccnc3)nc(C)c2C)C1. The standard InChI is InChI=1S/C18H24N4S/c1-13-14(2)20-17(15-7-6-9-19-11-15)21-18(13)22-10-5-4-8-16(12-22)23-3/h6-7,9,11,16H,4-5,8,10,12H2,1-3H3. The molecule has 0 amide bonds. The quantitative estimate of drug-likeness (QED) is 0.855. The summed E-state index contributed by atoms with van der Waals surface area (Å²) in [6.45, 7) is 6.37. The van der Waals surface area contributed by atoms with Crippen LogP contribution in [0.15, 0.2) is 24.5 Å². The molecule has 5 heteroatoms. The Morgan fingerprint density at radius 1 is 1.22 bits per heavy atom. The Morgan fingerprint density at radius 2 is 2.09 bits per heavy atom. The molecule has 0 radical (unpaired) electrons. The highest BCUT2D eigenvalue weighted by Crippen LogP contribution is 2.28. The molecule has 2 aromatic heterocycles. The molecular weight excluding hydrogens is 304 g/mol. The van der Waals surface area contributed by atoms with Crippen molar-refractivity contribution in [3.8, 4) is 11.4 Å². The lowest BCUT2D eigenvalue weighted by Crippen LogP contribution is -2.31. The molecule has 1 aliphatic heterocycles. The highest BCUT2D eigenvalue weighted by Gasteiger charge is 2.21. The van der Waals surface area contributed by atoms with Gasteiger partial charge in [0.2, 0.25) is 0 Å². The van der Waals surface area contributed by atoms with Crippen molar-refractivity contribution < 1.29 is 0 Å². The van der Waals surface area contributed by atoms with E-state index in [9.17, 15) is 0 Å². The van der Waals surface area contributed by atoms with Gasteiger partial charge in [-0.1, -0.05) is 6.42 Å². The molecule has 1 unspecified atom stereocenters. The van der Waals surface area contributed by atoms with Crippen LogP contribution in [-0.4, -0.2) is 39.5 Å². The third-order valence-corrected chi connectivity index (χ3v) is 5.60. The Kier molecular flexibility index (Phi) is 5.16. The Labute approximate surface area is 142 Å². The summed E-state index contributed by atoms with van der Waals surface area (Å²) < 4.78 is 0. The summed E-state index contributed by atoms with van der Waals surface area (Å²) in [6, 6.07) is 3.96. The summed E-state index contributed by atoms with van der Waals surface area (Å²) in [7, 11) is 0. The second-order valence-electron chi connectivity index (χ2n) is 6.12. The number of hydrogen-bond donors (Lipinski definition) is 0. The monoisotopic (exact) mass is 328 g/mol. The van der Waals surface area contributed by atoms with Crippen molar-refractivity contribution in [2.75, 3.05) is 24.2 Å². The number of aryl methyl sites for hydroxylation is 1. The van der Waals surface area contributed by atoms with Crippen LogP contribution >= 0.6 is 11.8 Å². The minimum atomic E-state index is 0.689. The molecule has 1 aliphatic rings. The first-order valence-electron chi connectivity index (χ1n) is 8.22. The van der Waals surface area contributed by atoms with Gasteiger partial charge in [-0.15, -0.1) is 0 Å². The highest BCUT2D eigenvalue weighted by molar-refractivity contribution is 7.99. The predicted molar refractivity (Wildman–Crippen MR) is 98.1 cm³/mol. The second-order valence-corrected chi connectivity index (χ2v) is 7.26. The van der Waals surface area contributed by atoms with E-state index in [1.54, 1.807) is 6.20 Å². The fraction of sp³-hybridized carbons (Fsp3) is 0.500. The number of thioether (sulfide) groups is 1. The minimum Gasteiger partial charge on any atom is -0.355 e. The lowest BCUT2D eigenvalue weighted by atomic mass is 10.2. The zero-order valence-corrected chi connectivity index (χ0v) is 14.9. The van der Waals surface area contributed by atoms with Crippen LogP contribution in [0.4, 0.5) is 5.82 Å². The van der Waals surface area contributed by atoms with Crippen molar-refractivity contribution in [1.82, 2.24) is 15.0 Å². The molecule has 2 aromatic rings. The van der Waals surface area contributed by atoms with Gasteiger partial charge in [0.05, 0.1) is 0 Å². The average Bonchev–Trinajstić information content (AvgIpc) is 2.83. The Hall–Kier alpha value is -1.62. The van der Waals surface area contributed by atoms with Crippen LogP contribution in [0.5, 0.6) is 0 Å². The first-order chi connectivity index (χ1) is 11.2. The number of pyridine rings is 1. The van der Waals surface area contributed by atoms with Crippen LogP contribution in [0.2, 0.25) is 0 Å². The van der Waals surface area contributed by atoms with Crippen LogP contribution in [0.1, 0.15) is 30.5 Å². The van der Waals surface area contributed by atoms with Gasteiger partial charge in [-0.2, -0.15) is 11.8 Å². The summed E-state index contributed by atoms with van der Waals surface area (Å²) >= 11 is 1.97. The van der Waals surface area contributed by atoms with E-state index >= 15 is 0 Å². The van der Waals surface area contributed by atoms with Crippen molar-refractivity contribution in [3.63, 3.8) is 0 Å². The fourth-order valence-corrected chi connectivity index (χ4v) is 3.76. The van der Waals surface area contributed by atoms with Crippen LogP contribution in [-0.2, 0) is 0 Å². The van der Waals surface area contributed by atoms with Crippen molar-refractivity contribution in [3.05, 3.63) is 35.8 Å². The van der Waals surface area contributed by atoms with E-state index in [0.29, 0.717) is 5.25 Å². The lowest BCUT2D eigenvalue weighted by molar-refractivity contribution is 0.736. The van der Waals surface area contributed by atoms with Crippen molar-refractivity contribution in [1.29, 1.82) is 0 Å². The third kappa shape index (κ3) is 3.66. The van der Waals surface area contributed by atoms with Crippen molar-refractivity contribution in [2.45, 2.75) is 38.4 Å². The number of nitrogens with zero attached hydrogens (tertiary/aromatic N) is 4. The summed E-state index contributed by atoms with van der Waals surface area (Å²) in [5, 5.41) is 0.689. The first-order valence-corrected chi connectivity index (χ1v) is 9.51. The topological polar surface area (TPSA) is 41.9 Å². The molecule has 0 saturated carbocycles. The molecule has 0 aromatic carbocycles. The third-order valence-electron chi connectivity index (χ3n) is 4.54. The minimum absolute atomic E-state index is 0.689. The number of aromatic nitrogens is 3. The first kappa shape index (κ1) is 16.2. The summed E-state index contributed by atoms with van der Waals surface area (Å²) in [5.74, 6) is 1.87. The van der Waals surface area contributed by atoms with E-state index in [0.717, 1.165) is 36.0 Å². The molecule has 23 heavy (non-hydrogen) atoms. The van der Waals surface area contributed by atoms with Gasteiger partial charge in [-0.05, 0) is 45.1 Å². The van der Waals surface area contributed by atoms with Gasteiger partial charge in [0.15, 0.2) is 5.82 Å². The maximum absolute atomic E-state index is 4.90. The largest absolute Gasteiger partial charge is 0.355 e. The molecule has 0 N–H and O–H groups in total. The van der Waals surface area contributed by atoms with E-state index < -0.39 is 0 Å². The van der Waals surface area contributed by atoms with Gasteiger partial charge in [-0.25, -0.2) is 9.97 Å². The predicted octanol–water partition coefficient (Wildman–Crippen LogP) is 3.88. The number of hydrogen-bond acceptors (Lipinski definition) is 5. The molecule has 1 fully saturated rings. The fourth-order valence-electron chi connectivity index (χ4n) is 3.03. The number of anilines is 1. The van der Waals surface area contributed by atoms with Crippen LogP contribution in [0, 0.1) is 13.8 Å². The van der Waals surface area contributed by atoms with E-state index in [1.165, 1.54) is 24.8 Å². The van der Waals surface area contributed by atoms with Gasteiger partial charge in [0.25, 0.3) is 0 Å².